The van der Waals surface area contributed by atoms with E-state index < -0.39 is 12.0 Å². The van der Waals surface area contributed by atoms with Gasteiger partial charge in [-0.15, -0.1) is 0 Å². The first-order valence-corrected chi connectivity index (χ1v) is 5.99. The molecule has 1 aromatic carbocycles. The number of alkyl halides is 3. The molecule has 0 radical (unpaired) electrons. The van der Waals surface area contributed by atoms with Crippen LogP contribution in [0.2, 0.25) is 5.02 Å². The number of nitrogens with zero attached hydrogens (tertiary/aromatic N) is 2. The molecule has 0 aliphatic carbocycles. The summed E-state index contributed by atoms with van der Waals surface area (Å²) in [6.07, 6.45) is -4.51. The van der Waals surface area contributed by atoms with Gasteiger partial charge in [0.1, 0.15) is 0 Å². The van der Waals surface area contributed by atoms with Crippen LogP contribution in [0.4, 0.5) is 18.3 Å². The van der Waals surface area contributed by atoms with Gasteiger partial charge in [0.05, 0.1) is 0 Å². The van der Waals surface area contributed by atoms with Crippen LogP contribution in [0.5, 0.6) is 0 Å². The van der Waals surface area contributed by atoms with Crippen molar-refractivity contribution in [3.63, 3.8) is 0 Å². The molecule has 8 heteroatoms. The Hall–Kier alpha value is -1.34. The van der Waals surface area contributed by atoms with Crippen LogP contribution in [0, 0.1) is 0 Å². The molecular formula is C10H7ClF3N3S. The fourth-order valence-electron chi connectivity index (χ4n) is 1.24. The summed E-state index contributed by atoms with van der Waals surface area (Å²) in [6.45, 7) is 0.340. The van der Waals surface area contributed by atoms with Gasteiger partial charge in [-0.2, -0.15) is 22.5 Å². The number of benzene rings is 1. The molecule has 0 saturated carbocycles. The van der Waals surface area contributed by atoms with E-state index in [1.165, 1.54) is 0 Å². The average Bonchev–Trinajstić information content (AvgIpc) is 2.74. The molecule has 2 rings (SSSR count). The Morgan fingerprint density at radius 3 is 2.72 bits per heavy atom. The zero-order valence-corrected chi connectivity index (χ0v) is 10.4. The number of anilines is 1. The molecule has 2 aromatic rings. The van der Waals surface area contributed by atoms with E-state index in [-0.39, 0.29) is 5.13 Å². The number of aromatic nitrogens is 2. The van der Waals surface area contributed by atoms with Gasteiger partial charge in [-0.05, 0) is 17.7 Å². The molecule has 0 aliphatic heterocycles. The monoisotopic (exact) mass is 293 g/mol. The summed E-state index contributed by atoms with van der Waals surface area (Å²) in [5.41, 5.74) is 0.853. The number of rotatable bonds is 3. The highest BCUT2D eigenvalue weighted by molar-refractivity contribution is 7.09. The summed E-state index contributed by atoms with van der Waals surface area (Å²) in [5, 5.41) is 3.47. The van der Waals surface area contributed by atoms with E-state index >= 15 is 0 Å². The molecule has 3 nitrogen and oxygen atoms in total. The SMILES string of the molecule is FC(F)(F)c1nsc(NCc2cccc(Cl)c2)n1. The van der Waals surface area contributed by atoms with Crippen molar-refractivity contribution in [3.8, 4) is 0 Å². The Kier molecular flexibility index (Phi) is 3.72. The summed E-state index contributed by atoms with van der Waals surface area (Å²) in [4.78, 5) is 3.36. The van der Waals surface area contributed by atoms with E-state index in [0.717, 1.165) is 5.56 Å². The van der Waals surface area contributed by atoms with Gasteiger partial charge in [-0.3, -0.25) is 0 Å². The zero-order valence-electron chi connectivity index (χ0n) is 8.83. The normalized spacial score (nSPS) is 11.6. The lowest BCUT2D eigenvalue weighted by atomic mass is 10.2. The van der Waals surface area contributed by atoms with Gasteiger partial charge >= 0.3 is 6.18 Å². The molecule has 1 heterocycles. The van der Waals surface area contributed by atoms with Gasteiger partial charge in [-0.1, -0.05) is 23.7 Å². The van der Waals surface area contributed by atoms with E-state index in [4.69, 9.17) is 11.6 Å². The smallest absolute Gasteiger partial charge is 0.356 e. The number of hydrogen-bond acceptors (Lipinski definition) is 4. The summed E-state index contributed by atoms with van der Waals surface area (Å²) >= 11 is 6.46. The highest BCUT2D eigenvalue weighted by Gasteiger charge is 2.36. The van der Waals surface area contributed by atoms with Crippen LogP contribution in [0.15, 0.2) is 24.3 Å². The lowest BCUT2D eigenvalue weighted by Crippen LogP contribution is -2.07. The fraction of sp³-hybridized carbons (Fsp3) is 0.200. The Morgan fingerprint density at radius 1 is 1.33 bits per heavy atom. The Labute approximate surface area is 110 Å². The molecule has 0 amide bonds. The van der Waals surface area contributed by atoms with Crippen molar-refractivity contribution in [1.82, 2.24) is 9.36 Å². The van der Waals surface area contributed by atoms with E-state index in [1.807, 2.05) is 6.07 Å². The third-order valence-electron chi connectivity index (χ3n) is 2.01. The second-order valence-corrected chi connectivity index (χ2v) is 4.59. The van der Waals surface area contributed by atoms with Crippen LogP contribution in [-0.2, 0) is 12.7 Å². The highest BCUT2D eigenvalue weighted by Crippen LogP contribution is 2.29. The third-order valence-corrected chi connectivity index (χ3v) is 2.92. The van der Waals surface area contributed by atoms with Crippen LogP contribution in [0.25, 0.3) is 0 Å². The number of nitrogens with one attached hydrogen (secondary N) is 1. The molecule has 1 N–H and O–H groups in total. The predicted molar refractivity (Wildman–Crippen MR) is 63.7 cm³/mol. The van der Waals surface area contributed by atoms with Gasteiger partial charge in [0, 0.05) is 23.1 Å². The number of hydrogen-bond donors (Lipinski definition) is 1. The van der Waals surface area contributed by atoms with Crippen LogP contribution in [0.3, 0.4) is 0 Å². The van der Waals surface area contributed by atoms with Crippen molar-refractivity contribution in [2.45, 2.75) is 12.7 Å². The maximum absolute atomic E-state index is 12.3. The fourth-order valence-corrected chi connectivity index (χ4v) is 2.03. The molecule has 0 unspecified atom stereocenters. The molecule has 0 atom stereocenters. The van der Waals surface area contributed by atoms with Crippen LogP contribution in [0.1, 0.15) is 11.4 Å². The van der Waals surface area contributed by atoms with Gasteiger partial charge in [-0.25, -0.2) is 0 Å². The molecule has 0 spiro atoms. The molecule has 96 valence electrons. The van der Waals surface area contributed by atoms with Gasteiger partial charge in [0.25, 0.3) is 0 Å². The maximum atomic E-state index is 12.3. The summed E-state index contributed by atoms with van der Waals surface area (Å²) in [5.74, 6) is -1.12. The minimum absolute atomic E-state index is 0.127. The molecule has 18 heavy (non-hydrogen) atoms. The highest BCUT2D eigenvalue weighted by atomic mass is 35.5. The van der Waals surface area contributed by atoms with Crippen molar-refractivity contribution in [2.75, 3.05) is 5.32 Å². The van der Waals surface area contributed by atoms with E-state index in [9.17, 15) is 13.2 Å². The largest absolute Gasteiger partial charge is 0.452 e. The third kappa shape index (κ3) is 3.33. The second-order valence-electron chi connectivity index (χ2n) is 3.40. The molecule has 0 saturated heterocycles. The van der Waals surface area contributed by atoms with Gasteiger partial charge in [0.2, 0.25) is 11.0 Å². The quantitative estimate of drug-likeness (QED) is 0.935. The average molecular weight is 294 g/mol. The molecule has 0 fully saturated rings. The van der Waals surface area contributed by atoms with Crippen molar-refractivity contribution >= 4 is 28.3 Å². The molecule has 1 aromatic heterocycles. The first kappa shape index (κ1) is 13.1. The van der Waals surface area contributed by atoms with Crippen molar-refractivity contribution < 1.29 is 13.2 Å². The molecule has 0 bridgehead atoms. The molecule has 0 aliphatic rings. The lowest BCUT2D eigenvalue weighted by molar-refractivity contribution is -0.144. The van der Waals surface area contributed by atoms with E-state index in [0.29, 0.717) is 23.1 Å². The minimum Gasteiger partial charge on any atom is -0.356 e. The van der Waals surface area contributed by atoms with E-state index in [2.05, 4.69) is 14.7 Å². The number of halogens is 4. The van der Waals surface area contributed by atoms with Crippen molar-refractivity contribution in [1.29, 1.82) is 0 Å². The van der Waals surface area contributed by atoms with Crippen LogP contribution in [-0.4, -0.2) is 9.36 Å². The Bertz CT molecular complexity index is 541. The van der Waals surface area contributed by atoms with E-state index in [1.54, 1.807) is 18.2 Å². The first-order valence-electron chi connectivity index (χ1n) is 4.84. The predicted octanol–water partition coefficient (Wildman–Crippen LogP) is 3.82. The van der Waals surface area contributed by atoms with Crippen LogP contribution < -0.4 is 5.32 Å². The summed E-state index contributed by atoms with van der Waals surface area (Å²) in [6, 6.07) is 7.02. The lowest BCUT2D eigenvalue weighted by Gasteiger charge is -2.02. The second kappa shape index (κ2) is 5.11. The maximum Gasteiger partial charge on any atom is 0.452 e. The molecular weight excluding hydrogens is 287 g/mol. The van der Waals surface area contributed by atoms with Gasteiger partial charge in [0.15, 0.2) is 0 Å². The van der Waals surface area contributed by atoms with Crippen LogP contribution >= 0.6 is 23.1 Å². The summed E-state index contributed by atoms with van der Waals surface area (Å²) in [7, 11) is 0. The summed E-state index contributed by atoms with van der Waals surface area (Å²) < 4.78 is 40.0. The Morgan fingerprint density at radius 2 is 2.11 bits per heavy atom. The van der Waals surface area contributed by atoms with Crippen molar-refractivity contribution in [3.05, 3.63) is 40.7 Å². The topological polar surface area (TPSA) is 37.8 Å². The minimum atomic E-state index is -4.51. The van der Waals surface area contributed by atoms with Gasteiger partial charge < -0.3 is 5.32 Å². The Balaban J connectivity index is 2.01. The zero-order chi connectivity index (χ0) is 13.2. The van der Waals surface area contributed by atoms with Crippen molar-refractivity contribution in [2.24, 2.45) is 0 Å². The first-order chi connectivity index (χ1) is 8.45. The standard InChI is InChI=1S/C10H7ClF3N3S/c11-7-3-1-2-6(4-7)5-15-9-16-8(17-18-9)10(12,13)14/h1-4H,5H2,(H,15,16,17).